The summed E-state index contributed by atoms with van der Waals surface area (Å²) in [5.74, 6) is -2.68. The minimum absolute atomic E-state index is 0.218. The summed E-state index contributed by atoms with van der Waals surface area (Å²) in [7, 11) is 1.43. The van der Waals surface area contributed by atoms with E-state index in [0.29, 0.717) is 16.9 Å². The molecule has 0 saturated heterocycles. The summed E-state index contributed by atoms with van der Waals surface area (Å²) in [6.07, 6.45) is 2.73. The first kappa shape index (κ1) is 17.7. The van der Waals surface area contributed by atoms with Crippen LogP contribution in [0.2, 0.25) is 0 Å². The van der Waals surface area contributed by atoms with Gasteiger partial charge in [0.1, 0.15) is 23.0 Å². The lowest BCUT2D eigenvalue weighted by molar-refractivity contribution is 0.0127. The quantitative estimate of drug-likeness (QED) is 0.628. The highest BCUT2D eigenvalue weighted by atomic mass is 19.3. The fourth-order valence-electron chi connectivity index (χ4n) is 2.38. The first-order valence-electron chi connectivity index (χ1n) is 7.69. The molecule has 3 aromatic rings. The number of nitrogens with zero attached hydrogens (tertiary/aromatic N) is 2. The third-order valence-corrected chi connectivity index (χ3v) is 3.63. The van der Waals surface area contributed by atoms with E-state index in [-0.39, 0.29) is 17.3 Å². The third-order valence-electron chi connectivity index (χ3n) is 3.63. The van der Waals surface area contributed by atoms with Crippen LogP contribution < -0.4 is 9.47 Å². The molecule has 0 aliphatic rings. The molecule has 0 radical (unpaired) electrons. The topological polar surface area (TPSA) is 44.2 Å². The van der Waals surface area contributed by atoms with Crippen molar-refractivity contribution in [1.29, 1.82) is 0 Å². The SMILES string of the molecule is COc1cc(F)ccc1-c1cccnc1Oc1ccc(C(C)(F)F)nc1. The summed E-state index contributed by atoms with van der Waals surface area (Å²) < 4.78 is 50.9. The molecular formula is C19H15F3N2O2. The van der Waals surface area contributed by atoms with Crippen molar-refractivity contribution in [2.24, 2.45) is 0 Å². The molecule has 0 saturated carbocycles. The van der Waals surface area contributed by atoms with E-state index in [1.165, 1.54) is 43.8 Å². The van der Waals surface area contributed by atoms with Crippen molar-refractivity contribution in [3.05, 3.63) is 66.4 Å². The van der Waals surface area contributed by atoms with Gasteiger partial charge in [0, 0.05) is 30.3 Å². The Bertz CT molecular complexity index is 909. The van der Waals surface area contributed by atoms with Gasteiger partial charge in [-0.3, -0.25) is 4.98 Å². The summed E-state index contributed by atoms with van der Waals surface area (Å²) in [6, 6.07) is 10.1. The molecule has 7 heteroatoms. The van der Waals surface area contributed by atoms with Crippen LogP contribution >= 0.6 is 0 Å². The number of hydrogen-bond acceptors (Lipinski definition) is 4. The molecule has 0 aliphatic carbocycles. The number of alkyl halides is 2. The summed E-state index contributed by atoms with van der Waals surface area (Å²) in [6.45, 7) is 0.771. The Kier molecular flexibility index (Phi) is 4.79. The number of pyridine rings is 2. The second-order valence-electron chi connectivity index (χ2n) is 5.57. The summed E-state index contributed by atoms with van der Waals surface area (Å²) in [5, 5.41) is 0. The minimum Gasteiger partial charge on any atom is -0.496 e. The van der Waals surface area contributed by atoms with Gasteiger partial charge < -0.3 is 9.47 Å². The van der Waals surface area contributed by atoms with Gasteiger partial charge in [0.05, 0.1) is 13.3 Å². The monoisotopic (exact) mass is 360 g/mol. The molecule has 1 aromatic carbocycles. The van der Waals surface area contributed by atoms with Gasteiger partial charge >= 0.3 is 0 Å². The van der Waals surface area contributed by atoms with Crippen LogP contribution in [0.25, 0.3) is 11.1 Å². The standard InChI is InChI=1S/C19H15F3N2O2/c1-19(21,22)17-8-6-13(11-24-17)26-18-15(4-3-9-23-18)14-7-5-12(20)10-16(14)25-2/h3-11H,1-2H3. The minimum atomic E-state index is -3.03. The Hall–Kier alpha value is -3.09. The summed E-state index contributed by atoms with van der Waals surface area (Å²) >= 11 is 0. The maximum absolute atomic E-state index is 13.4. The van der Waals surface area contributed by atoms with Gasteiger partial charge in [0.15, 0.2) is 0 Å². The number of aromatic nitrogens is 2. The molecule has 0 N–H and O–H groups in total. The zero-order valence-electron chi connectivity index (χ0n) is 14.0. The lowest BCUT2D eigenvalue weighted by Gasteiger charge is -2.13. The Morgan fingerprint density at radius 1 is 1.00 bits per heavy atom. The third kappa shape index (κ3) is 3.77. The van der Waals surface area contributed by atoms with Gasteiger partial charge in [-0.1, -0.05) is 0 Å². The lowest BCUT2D eigenvalue weighted by Crippen LogP contribution is -2.09. The van der Waals surface area contributed by atoms with Gasteiger partial charge in [-0.05, 0) is 36.4 Å². The van der Waals surface area contributed by atoms with E-state index in [4.69, 9.17) is 9.47 Å². The molecule has 3 rings (SSSR count). The smallest absolute Gasteiger partial charge is 0.286 e. The molecule has 0 atom stereocenters. The molecule has 0 aliphatic heterocycles. The average molecular weight is 360 g/mol. The highest BCUT2D eigenvalue weighted by molar-refractivity contribution is 5.74. The Morgan fingerprint density at radius 2 is 1.81 bits per heavy atom. The number of ether oxygens (including phenoxy) is 2. The molecule has 0 fully saturated rings. The van der Waals surface area contributed by atoms with Crippen molar-refractivity contribution >= 4 is 0 Å². The van der Waals surface area contributed by atoms with E-state index in [1.807, 2.05) is 0 Å². The van der Waals surface area contributed by atoms with Crippen molar-refractivity contribution in [2.45, 2.75) is 12.8 Å². The highest BCUT2D eigenvalue weighted by Crippen LogP contribution is 2.37. The van der Waals surface area contributed by atoms with E-state index in [2.05, 4.69) is 9.97 Å². The maximum atomic E-state index is 13.4. The van der Waals surface area contributed by atoms with Crippen molar-refractivity contribution in [3.63, 3.8) is 0 Å². The van der Waals surface area contributed by atoms with Gasteiger partial charge in [-0.2, -0.15) is 8.78 Å². The highest BCUT2D eigenvalue weighted by Gasteiger charge is 2.25. The van der Waals surface area contributed by atoms with Gasteiger partial charge in [0.2, 0.25) is 5.88 Å². The van der Waals surface area contributed by atoms with Crippen LogP contribution in [0, 0.1) is 5.82 Å². The molecule has 2 heterocycles. The van der Waals surface area contributed by atoms with Crippen molar-refractivity contribution in [1.82, 2.24) is 9.97 Å². The number of halogens is 3. The number of methoxy groups -OCH3 is 1. The van der Waals surface area contributed by atoms with Crippen LogP contribution in [0.5, 0.6) is 17.4 Å². The average Bonchev–Trinajstić information content (AvgIpc) is 2.62. The normalized spacial score (nSPS) is 11.3. The van der Waals surface area contributed by atoms with E-state index >= 15 is 0 Å². The van der Waals surface area contributed by atoms with Crippen molar-refractivity contribution in [2.75, 3.05) is 7.11 Å². The molecule has 2 aromatic heterocycles. The number of benzene rings is 1. The molecule has 0 bridgehead atoms. The Labute approximate surface area is 148 Å². The zero-order valence-corrected chi connectivity index (χ0v) is 14.0. The maximum Gasteiger partial charge on any atom is 0.286 e. The molecule has 0 amide bonds. The predicted molar refractivity (Wildman–Crippen MR) is 90.1 cm³/mol. The van der Waals surface area contributed by atoms with Crippen LogP contribution in [0.4, 0.5) is 13.2 Å². The van der Waals surface area contributed by atoms with Crippen LogP contribution in [0.15, 0.2) is 54.9 Å². The number of rotatable bonds is 5. The first-order chi connectivity index (χ1) is 12.4. The van der Waals surface area contributed by atoms with Gasteiger partial charge in [0.25, 0.3) is 5.92 Å². The van der Waals surface area contributed by atoms with Crippen LogP contribution in [0.3, 0.4) is 0 Å². The van der Waals surface area contributed by atoms with Crippen LogP contribution in [0.1, 0.15) is 12.6 Å². The fraction of sp³-hybridized carbons (Fsp3) is 0.158. The molecule has 134 valence electrons. The van der Waals surface area contributed by atoms with Gasteiger partial charge in [-0.15, -0.1) is 0 Å². The molecule has 26 heavy (non-hydrogen) atoms. The molecule has 0 unspecified atom stereocenters. The van der Waals surface area contributed by atoms with Crippen molar-refractivity contribution in [3.8, 4) is 28.5 Å². The molecule has 0 spiro atoms. The molecule has 4 nitrogen and oxygen atoms in total. The van der Waals surface area contributed by atoms with E-state index in [1.54, 1.807) is 18.2 Å². The molecular weight excluding hydrogens is 345 g/mol. The van der Waals surface area contributed by atoms with Gasteiger partial charge in [-0.25, -0.2) is 9.37 Å². The van der Waals surface area contributed by atoms with Crippen LogP contribution in [-0.2, 0) is 5.92 Å². The zero-order chi connectivity index (χ0) is 18.7. The second-order valence-corrected chi connectivity index (χ2v) is 5.57. The second kappa shape index (κ2) is 7.03. The van der Waals surface area contributed by atoms with Crippen LogP contribution in [-0.4, -0.2) is 17.1 Å². The Balaban J connectivity index is 1.96. The van der Waals surface area contributed by atoms with E-state index in [0.717, 1.165) is 6.92 Å². The number of hydrogen-bond donors (Lipinski definition) is 0. The summed E-state index contributed by atoms with van der Waals surface area (Å²) in [4.78, 5) is 7.89. The first-order valence-corrected chi connectivity index (χ1v) is 7.69. The summed E-state index contributed by atoms with van der Waals surface area (Å²) in [5.41, 5.74) is 0.794. The van der Waals surface area contributed by atoms with Crippen molar-refractivity contribution < 1.29 is 22.6 Å². The van der Waals surface area contributed by atoms with E-state index in [9.17, 15) is 13.2 Å². The predicted octanol–water partition coefficient (Wildman–Crippen LogP) is 5.20. The largest absolute Gasteiger partial charge is 0.496 e. The Morgan fingerprint density at radius 3 is 2.46 bits per heavy atom. The van der Waals surface area contributed by atoms with E-state index < -0.39 is 11.7 Å². The lowest BCUT2D eigenvalue weighted by atomic mass is 10.1. The fourth-order valence-corrected chi connectivity index (χ4v) is 2.38.